The second-order valence-electron chi connectivity index (χ2n) is 9.24. The van der Waals surface area contributed by atoms with Crippen molar-refractivity contribution in [2.24, 2.45) is 0 Å². The number of likely N-dealkylation sites (tertiary alicyclic amines) is 1. The highest BCUT2D eigenvalue weighted by Gasteiger charge is 2.34. The summed E-state index contributed by atoms with van der Waals surface area (Å²) in [6, 6.07) is 26.2. The SMILES string of the molecule is CCN(c1ccccc1)c1ccc(NC(=O)CN2CCC(N3C(=O)OCc4ccccc43)CC2)cc1. The summed E-state index contributed by atoms with van der Waals surface area (Å²) in [5.74, 6) is -0.0284. The number of piperidine rings is 1. The van der Waals surface area contributed by atoms with Crippen LogP contribution in [0.2, 0.25) is 0 Å². The summed E-state index contributed by atoms with van der Waals surface area (Å²) in [6.07, 6.45) is 1.33. The highest BCUT2D eigenvalue weighted by atomic mass is 16.6. The van der Waals surface area contributed by atoms with E-state index in [0.29, 0.717) is 13.2 Å². The minimum absolute atomic E-state index is 0.0284. The van der Waals surface area contributed by atoms with E-state index in [9.17, 15) is 9.59 Å². The van der Waals surface area contributed by atoms with E-state index in [1.54, 1.807) is 4.90 Å². The van der Waals surface area contributed by atoms with Crippen LogP contribution in [0.15, 0.2) is 78.9 Å². The molecule has 186 valence electrons. The maximum absolute atomic E-state index is 12.7. The monoisotopic (exact) mass is 484 g/mol. The van der Waals surface area contributed by atoms with Gasteiger partial charge in [0.1, 0.15) is 6.61 Å². The summed E-state index contributed by atoms with van der Waals surface area (Å²) in [4.78, 5) is 31.4. The molecule has 2 amide bonds. The Morgan fingerprint density at radius 3 is 2.33 bits per heavy atom. The van der Waals surface area contributed by atoms with Crippen molar-refractivity contribution in [2.45, 2.75) is 32.4 Å². The summed E-state index contributed by atoms with van der Waals surface area (Å²) < 4.78 is 5.39. The van der Waals surface area contributed by atoms with Gasteiger partial charge in [-0.15, -0.1) is 0 Å². The van der Waals surface area contributed by atoms with Gasteiger partial charge in [-0.1, -0.05) is 36.4 Å². The molecule has 0 saturated carbocycles. The maximum atomic E-state index is 12.7. The Bertz CT molecular complexity index is 1190. The highest BCUT2D eigenvalue weighted by molar-refractivity contribution is 5.93. The van der Waals surface area contributed by atoms with Crippen LogP contribution in [-0.2, 0) is 16.1 Å². The fourth-order valence-corrected chi connectivity index (χ4v) is 5.11. The van der Waals surface area contributed by atoms with E-state index in [0.717, 1.165) is 60.8 Å². The van der Waals surface area contributed by atoms with Crippen molar-refractivity contribution in [3.63, 3.8) is 0 Å². The first kappa shape index (κ1) is 23.9. The Balaban J connectivity index is 1.14. The van der Waals surface area contributed by atoms with Crippen molar-refractivity contribution >= 4 is 34.7 Å². The van der Waals surface area contributed by atoms with Gasteiger partial charge in [0, 0.05) is 48.3 Å². The lowest BCUT2D eigenvalue weighted by molar-refractivity contribution is -0.117. The number of carbonyl (C=O) groups excluding carboxylic acids is 2. The smallest absolute Gasteiger partial charge is 0.414 e. The lowest BCUT2D eigenvalue weighted by Gasteiger charge is -2.40. The molecular formula is C29H32N4O3. The van der Waals surface area contributed by atoms with Crippen molar-refractivity contribution in [1.29, 1.82) is 0 Å². The normalized spacial score (nSPS) is 16.2. The minimum Gasteiger partial charge on any atom is -0.444 e. The van der Waals surface area contributed by atoms with Crippen molar-refractivity contribution in [2.75, 3.05) is 41.3 Å². The number of anilines is 4. The second-order valence-corrected chi connectivity index (χ2v) is 9.24. The molecule has 0 radical (unpaired) electrons. The van der Waals surface area contributed by atoms with Crippen LogP contribution in [0.1, 0.15) is 25.3 Å². The third-order valence-corrected chi connectivity index (χ3v) is 6.94. The van der Waals surface area contributed by atoms with E-state index in [-0.39, 0.29) is 18.0 Å². The van der Waals surface area contributed by atoms with Gasteiger partial charge in [-0.2, -0.15) is 0 Å². The number of hydrogen-bond acceptors (Lipinski definition) is 5. The zero-order valence-corrected chi connectivity index (χ0v) is 20.6. The predicted molar refractivity (Wildman–Crippen MR) is 143 cm³/mol. The van der Waals surface area contributed by atoms with Gasteiger partial charge in [0.25, 0.3) is 0 Å². The fourth-order valence-electron chi connectivity index (χ4n) is 5.11. The van der Waals surface area contributed by atoms with Gasteiger partial charge in [-0.25, -0.2) is 4.79 Å². The third kappa shape index (κ3) is 5.21. The summed E-state index contributed by atoms with van der Waals surface area (Å²) >= 11 is 0. The van der Waals surface area contributed by atoms with Crippen molar-refractivity contribution < 1.29 is 14.3 Å². The van der Waals surface area contributed by atoms with Gasteiger partial charge in [0.15, 0.2) is 0 Å². The minimum atomic E-state index is -0.276. The number of carbonyl (C=O) groups is 2. The van der Waals surface area contributed by atoms with Gasteiger partial charge in [0.2, 0.25) is 5.91 Å². The number of nitrogens with one attached hydrogen (secondary N) is 1. The number of nitrogens with zero attached hydrogens (tertiary/aromatic N) is 3. The van der Waals surface area contributed by atoms with Crippen LogP contribution >= 0.6 is 0 Å². The van der Waals surface area contributed by atoms with Gasteiger partial charge in [0.05, 0.1) is 12.2 Å². The first-order valence-electron chi connectivity index (χ1n) is 12.6. The number of hydrogen-bond donors (Lipinski definition) is 1. The van der Waals surface area contributed by atoms with Crippen molar-refractivity contribution in [3.05, 3.63) is 84.4 Å². The number of amides is 2. The molecule has 5 rings (SSSR count). The van der Waals surface area contributed by atoms with Crippen LogP contribution in [0.25, 0.3) is 0 Å². The molecular weight excluding hydrogens is 452 g/mol. The van der Waals surface area contributed by atoms with Gasteiger partial charge >= 0.3 is 6.09 Å². The maximum Gasteiger partial charge on any atom is 0.414 e. The molecule has 3 aromatic carbocycles. The third-order valence-electron chi connectivity index (χ3n) is 6.94. The average molecular weight is 485 g/mol. The molecule has 7 heteroatoms. The largest absolute Gasteiger partial charge is 0.444 e. The Kier molecular flexibility index (Phi) is 7.18. The molecule has 36 heavy (non-hydrogen) atoms. The lowest BCUT2D eigenvalue weighted by atomic mass is 10.0. The standard InChI is InChI=1S/C29H32N4O3/c1-2-32(24-9-4-3-5-10-24)25-14-12-23(13-15-25)30-28(34)20-31-18-16-26(17-19-31)33-27-11-7-6-8-22(27)21-36-29(33)35/h3-15,26H,2,16-21H2,1H3,(H,30,34). The molecule has 2 aliphatic rings. The summed E-state index contributed by atoms with van der Waals surface area (Å²) in [7, 11) is 0. The molecule has 0 atom stereocenters. The average Bonchev–Trinajstić information content (AvgIpc) is 2.91. The van der Waals surface area contributed by atoms with Crippen molar-refractivity contribution in [3.8, 4) is 0 Å². The molecule has 1 saturated heterocycles. The number of rotatable bonds is 7. The molecule has 1 fully saturated rings. The summed E-state index contributed by atoms with van der Waals surface area (Å²) in [5, 5.41) is 3.02. The van der Waals surface area contributed by atoms with Crippen LogP contribution in [0.3, 0.4) is 0 Å². The number of para-hydroxylation sites is 2. The number of fused-ring (bicyclic) bond motifs is 1. The Morgan fingerprint density at radius 1 is 0.944 bits per heavy atom. The number of cyclic esters (lactones) is 1. The quantitative estimate of drug-likeness (QED) is 0.486. The van der Waals surface area contributed by atoms with E-state index >= 15 is 0 Å². The molecule has 0 spiro atoms. The Labute approximate surface area is 212 Å². The zero-order valence-electron chi connectivity index (χ0n) is 20.6. The van der Waals surface area contributed by atoms with E-state index in [1.165, 1.54) is 0 Å². The molecule has 0 bridgehead atoms. The van der Waals surface area contributed by atoms with Crippen LogP contribution in [0.4, 0.5) is 27.5 Å². The van der Waals surface area contributed by atoms with Gasteiger partial charge in [-0.05, 0) is 62.2 Å². The molecule has 1 N–H and O–H groups in total. The zero-order chi connectivity index (χ0) is 24.9. The Morgan fingerprint density at radius 2 is 1.61 bits per heavy atom. The van der Waals surface area contributed by atoms with E-state index in [2.05, 4.69) is 34.2 Å². The van der Waals surface area contributed by atoms with Crippen LogP contribution in [0.5, 0.6) is 0 Å². The molecule has 7 nitrogen and oxygen atoms in total. The number of ether oxygens (including phenoxy) is 1. The van der Waals surface area contributed by atoms with E-state index in [1.807, 2.05) is 66.7 Å². The van der Waals surface area contributed by atoms with Gasteiger partial charge in [-0.3, -0.25) is 14.6 Å². The van der Waals surface area contributed by atoms with Gasteiger partial charge < -0.3 is 15.0 Å². The van der Waals surface area contributed by atoms with Crippen LogP contribution in [0, 0.1) is 0 Å². The van der Waals surface area contributed by atoms with E-state index in [4.69, 9.17) is 4.74 Å². The van der Waals surface area contributed by atoms with Crippen LogP contribution < -0.4 is 15.1 Å². The first-order valence-corrected chi connectivity index (χ1v) is 12.6. The Hall–Kier alpha value is -3.84. The summed E-state index contributed by atoms with van der Waals surface area (Å²) in [5.41, 5.74) is 5.00. The topological polar surface area (TPSA) is 65.1 Å². The lowest BCUT2D eigenvalue weighted by Crippen LogP contribution is -2.50. The first-order chi connectivity index (χ1) is 17.6. The molecule has 2 heterocycles. The molecule has 0 aromatic heterocycles. The van der Waals surface area contributed by atoms with Crippen LogP contribution in [-0.4, -0.2) is 49.1 Å². The van der Waals surface area contributed by atoms with E-state index < -0.39 is 0 Å². The highest BCUT2D eigenvalue weighted by Crippen LogP contribution is 2.32. The van der Waals surface area contributed by atoms with Crippen molar-refractivity contribution in [1.82, 2.24) is 4.90 Å². The second kappa shape index (κ2) is 10.8. The number of benzene rings is 3. The summed E-state index contributed by atoms with van der Waals surface area (Å²) in [6.45, 7) is 5.15. The fraction of sp³-hybridized carbons (Fsp3) is 0.310. The molecule has 2 aliphatic heterocycles. The molecule has 0 unspecified atom stereocenters. The molecule has 0 aliphatic carbocycles. The predicted octanol–water partition coefficient (Wildman–Crippen LogP) is 5.40. The molecule has 3 aromatic rings.